The summed E-state index contributed by atoms with van der Waals surface area (Å²) in [5.74, 6) is -3.54. The van der Waals surface area contributed by atoms with E-state index in [1.54, 1.807) is 32.5 Å². The topological polar surface area (TPSA) is 112 Å². The molecule has 52 heavy (non-hydrogen) atoms. The van der Waals surface area contributed by atoms with E-state index in [0.717, 1.165) is 23.7 Å². The van der Waals surface area contributed by atoms with E-state index in [1.807, 2.05) is 47.7 Å². The van der Waals surface area contributed by atoms with Crippen molar-refractivity contribution < 1.29 is 33.3 Å². The predicted octanol–water partition coefficient (Wildman–Crippen LogP) is 7.03. The second kappa shape index (κ2) is 16.1. The van der Waals surface area contributed by atoms with E-state index in [4.69, 9.17) is 42.1 Å². The van der Waals surface area contributed by atoms with Crippen molar-refractivity contribution in [2.24, 2.45) is 18.9 Å². The first-order valence-electron chi connectivity index (χ1n) is 18.3. The van der Waals surface area contributed by atoms with E-state index >= 15 is 4.79 Å². The molecule has 1 aromatic heterocycles. The van der Waals surface area contributed by atoms with Crippen molar-refractivity contribution in [2.75, 3.05) is 45.8 Å². The number of nitrogens with one attached hydrogen (secondary N) is 1. The van der Waals surface area contributed by atoms with Gasteiger partial charge in [0.15, 0.2) is 5.78 Å². The Hall–Kier alpha value is -3.03. The summed E-state index contributed by atoms with van der Waals surface area (Å²) >= 11 is 13.7. The summed E-state index contributed by atoms with van der Waals surface area (Å²) in [5.41, 5.74) is 2.28. The number of nitrogens with zero attached hydrogens (tertiary/aromatic N) is 3. The molecule has 2 aromatic carbocycles. The number of hydrogen-bond donors (Lipinski definition) is 1. The first-order chi connectivity index (χ1) is 25.0. The quantitative estimate of drug-likeness (QED) is 0.145. The molecule has 2 aliphatic heterocycles. The lowest BCUT2D eigenvalue weighted by Gasteiger charge is -2.52. The zero-order valence-corrected chi connectivity index (χ0v) is 32.2. The first kappa shape index (κ1) is 38.7. The Bertz CT molecular complexity index is 1780. The molecular weight excluding hydrogens is 707 g/mol. The molecule has 0 radical (unpaired) electrons. The van der Waals surface area contributed by atoms with Crippen molar-refractivity contribution >= 4 is 57.5 Å². The molecule has 3 aliphatic rings. The van der Waals surface area contributed by atoms with Gasteiger partial charge in [-0.25, -0.2) is 4.90 Å². The number of para-hydroxylation sites is 1. The molecule has 1 N–H and O–H groups in total. The Morgan fingerprint density at radius 1 is 1.00 bits per heavy atom. The number of carbonyl (C=O) groups excluding carboxylic acids is 3. The van der Waals surface area contributed by atoms with Crippen LogP contribution in [0.1, 0.15) is 74.7 Å². The van der Waals surface area contributed by atoms with E-state index < -0.39 is 11.8 Å². The number of fused-ring (bicyclic) bond motifs is 1. The van der Waals surface area contributed by atoms with Gasteiger partial charge in [0.1, 0.15) is 0 Å². The molecule has 3 heterocycles. The highest BCUT2D eigenvalue weighted by atomic mass is 35.5. The molecular formula is C39H50Cl2N4O7. The number of methoxy groups -OCH3 is 2. The summed E-state index contributed by atoms with van der Waals surface area (Å²) in [6, 6.07) is 10.9. The summed E-state index contributed by atoms with van der Waals surface area (Å²) < 4.78 is 26.6. The number of esters is 1. The van der Waals surface area contributed by atoms with Gasteiger partial charge in [0, 0.05) is 75.9 Å². The zero-order valence-electron chi connectivity index (χ0n) is 30.7. The number of hydrogen-bond acceptors (Lipinski definition) is 9. The highest BCUT2D eigenvalue weighted by molar-refractivity contribution is 6.36. The molecule has 282 valence electrons. The lowest BCUT2D eigenvalue weighted by Crippen LogP contribution is -2.72. The maximum Gasteiger partial charge on any atom is 0.308 e. The lowest BCUT2D eigenvalue weighted by molar-refractivity contribution is -0.364. The molecule has 1 amide bonds. The minimum atomic E-state index is -1.55. The summed E-state index contributed by atoms with van der Waals surface area (Å²) in [6.45, 7) is 6.05. The average Bonchev–Trinajstić information content (AvgIpc) is 3.88. The Morgan fingerprint density at radius 3 is 2.37 bits per heavy atom. The van der Waals surface area contributed by atoms with Gasteiger partial charge in [0.05, 0.1) is 34.9 Å². The number of amides is 1. The molecule has 0 bridgehead atoms. The van der Waals surface area contributed by atoms with Crippen LogP contribution in [-0.4, -0.2) is 90.4 Å². The summed E-state index contributed by atoms with van der Waals surface area (Å²) in [4.78, 5) is 45.3. The number of aryl methyl sites for hydroxylation is 1. The number of carbonyl (C=O) groups is 3. The largest absolute Gasteiger partial charge is 0.466 e. The predicted molar refractivity (Wildman–Crippen MR) is 200 cm³/mol. The van der Waals surface area contributed by atoms with Gasteiger partial charge < -0.3 is 28.8 Å². The maximum atomic E-state index is 15.2. The van der Waals surface area contributed by atoms with Gasteiger partial charge in [-0.3, -0.25) is 19.3 Å². The third-order valence-electron chi connectivity index (χ3n) is 10.9. The van der Waals surface area contributed by atoms with E-state index in [1.165, 1.54) is 0 Å². The van der Waals surface area contributed by atoms with Gasteiger partial charge in [0.25, 0.3) is 5.91 Å². The normalized spacial score (nSPS) is 23.5. The Morgan fingerprint density at radius 2 is 1.69 bits per heavy atom. The van der Waals surface area contributed by atoms with Crippen molar-refractivity contribution in [3.05, 3.63) is 63.8 Å². The van der Waals surface area contributed by atoms with Crippen molar-refractivity contribution in [1.29, 1.82) is 0 Å². The number of ether oxygens (including phenoxy) is 4. The highest BCUT2D eigenvalue weighted by Crippen LogP contribution is 2.46. The van der Waals surface area contributed by atoms with Crippen LogP contribution in [0.5, 0.6) is 0 Å². The molecule has 11 nitrogen and oxygen atoms in total. The fraction of sp³-hybridized carbons (Fsp3) is 0.564. The van der Waals surface area contributed by atoms with Crippen LogP contribution in [0.4, 0.5) is 5.69 Å². The van der Waals surface area contributed by atoms with E-state index in [-0.39, 0.29) is 52.1 Å². The number of rotatable bonds is 13. The molecule has 13 heteroatoms. The smallest absolute Gasteiger partial charge is 0.308 e. The summed E-state index contributed by atoms with van der Waals surface area (Å²) in [7, 11) is 5.08. The second-order valence-corrected chi connectivity index (χ2v) is 15.1. The minimum absolute atomic E-state index is 0.0981. The van der Waals surface area contributed by atoms with Crippen LogP contribution in [0, 0.1) is 11.8 Å². The monoisotopic (exact) mass is 756 g/mol. The number of anilines is 1. The van der Waals surface area contributed by atoms with Crippen LogP contribution in [-0.2, 0) is 42.0 Å². The van der Waals surface area contributed by atoms with Crippen LogP contribution in [0.3, 0.4) is 0 Å². The molecule has 1 aliphatic carbocycles. The molecule has 0 spiro atoms. The number of benzene rings is 2. The first-order valence-corrected chi connectivity index (χ1v) is 19.1. The Balaban J connectivity index is 1.32. The third-order valence-corrected chi connectivity index (χ3v) is 11.6. The number of aromatic nitrogens is 1. The Kier molecular flexibility index (Phi) is 12.0. The average molecular weight is 758 g/mol. The molecule has 1 saturated carbocycles. The number of Topliss-reactive ketones (excluding diaryl/α,β-unsaturated/α-hetero) is 1. The molecule has 3 fully saturated rings. The van der Waals surface area contributed by atoms with Crippen LogP contribution in [0.2, 0.25) is 10.0 Å². The van der Waals surface area contributed by atoms with Gasteiger partial charge in [-0.05, 0) is 75.1 Å². The number of likely N-dealkylation sites (tertiary alicyclic amines) is 2. The lowest BCUT2D eigenvalue weighted by atomic mass is 9.87. The number of ketones is 1. The van der Waals surface area contributed by atoms with E-state index in [9.17, 15) is 9.59 Å². The standard InChI is InChI=1S/C39H50Cl2N4O7/c1-6-51-37(48)26-13-15-28(16-14-26)52-39(44-17-9-10-18-44,45-23-25(2)22-38(45,49-4)50-5)35(46)20-27-19-32(41)33(21-31(27)40)42-36(47)30-24-43(3)34-12-8-7-11-29(30)34/h7-8,11-12,19,21,24-26,28H,6,9-10,13-18,20,22-23H2,1-5H3,(H,42,47)/t25?,26-,28-,39?. The van der Waals surface area contributed by atoms with Gasteiger partial charge in [-0.2, -0.15) is 0 Å². The molecule has 2 saturated heterocycles. The van der Waals surface area contributed by atoms with Crippen molar-refractivity contribution in [3.63, 3.8) is 0 Å². The van der Waals surface area contributed by atoms with Crippen molar-refractivity contribution in [1.82, 2.24) is 14.4 Å². The molecule has 3 aromatic rings. The van der Waals surface area contributed by atoms with E-state index in [0.29, 0.717) is 75.2 Å². The summed E-state index contributed by atoms with van der Waals surface area (Å²) in [5, 5.41) is 4.28. The van der Waals surface area contributed by atoms with Crippen LogP contribution in [0.15, 0.2) is 42.6 Å². The van der Waals surface area contributed by atoms with Crippen molar-refractivity contribution in [3.8, 4) is 0 Å². The van der Waals surface area contributed by atoms with Gasteiger partial charge >= 0.3 is 5.97 Å². The maximum absolute atomic E-state index is 15.2. The molecule has 2 atom stereocenters. The van der Waals surface area contributed by atoms with Crippen LogP contribution >= 0.6 is 23.2 Å². The molecule has 2 unspecified atom stereocenters. The van der Waals surface area contributed by atoms with Gasteiger partial charge in [0.2, 0.25) is 11.8 Å². The van der Waals surface area contributed by atoms with Gasteiger partial charge in [-0.1, -0.05) is 48.3 Å². The molecule has 6 rings (SSSR count). The van der Waals surface area contributed by atoms with E-state index in [2.05, 4.69) is 17.1 Å². The van der Waals surface area contributed by atoms with Crippen LogP contribution in [0.25, 0.3) is 10.9 Å². The van der Waals surface area contributed by atoms with Crippen LogP contribution < -0.4 is 5.32 Å². The Labute approximate surface area is 315 Å². The third kappa shape index (κ3) is 7.38. The minimum Gasteiger partial charge on any atom is -0.466 e. The zero-order chi connectivity index (χ0) is 37.2. The number of halogens is 2. The summed E-state index contributed by atoms with van der Waals surface area (Å²) in [6.07, 6.45) is 6.14. The van der Waals surface area contributed by atoms with Crippen molar-refractivity contribution in [2.45, 2.75) is 83.1 Å². The second-order valence-electron chi connectivity index (χ2n) is 14.3. The fourth-order valence-corrected chi connectivity index (χ4v) is 8.81. The van der Waals surface area contributed by atoms with Gasteiger partial charge in [-0.15, -0.1) is 0 Å². The SMILES string of the molecule is CCOC(=O)[C@H]1CC[C@H](OC(C(=O)Cc2cc(Cl)c(NC(=O)c3cn(C)c4ccccc34)cc2Cl)(N2CCCC2)N2CC(C)CC2(OC)OC)CC1. The fourth-order valence-electron chi connectivity index (χ4n) is 8.34. The highest BCUT2D eigenvalue weighted by Gasteiger charge is 2.62.